The van der Waals surface area contributed by atoms with Crippen LogP contribution in [0.2, 0.25) is 0 Å². The molecule has 0 radical (unpaired) electrons. The minimum atomic E-state index is -1.25. The third kappa shape index (κ3) is 2.84. The topological polar surface area (TPSA) is 118 Å². The minimum Gasteiger partial charge on any atom is -0.481 e. The van der Waals surface area contributed by atoms with Gasteiger partial charge in [-0.2, -0.15) is 0 Å². The largest absolute Gasteiger partial charge is 0.481 e. The predicted molar refractivity (Wildman–Crippen MR) is 103 cm³/mol. The van der Waals surface area contributed by atoms with E-state index in [0.717, 1.165) is 0 Å². The van der Waals surface area contributed by atoms with E-state index in [4.69, 9.17) is 4.74 Å². The summed E-state index contributed by atoms with van der Waals surface area (Å²) in [5.74, 6) is -3.13. The van der Waals surface area contributed by atoms with Gasteiger partial charge in [0, 0.05) is 29.9 Å². The van der Waals surface area contributed by atoms with Crippen molar-refractivity contribution in [2.75, 3.05) is 0 Å². The number of hydrogen-bond acceptors (Lipinski definition) is 5. The third-order valence-corrected chi connectivity index (χ3v) is 8.36. The standard InChI is InChI=1S/C22H30O7/c1-11(18(25)26)17-13(24)10-15-20(3)9-7-16(29-12(2)23)22(5,19(27)28)14(20)6-8-21(15,17)4/h14-16H,6-10H2,1-5H3,(H,25,26)(H,27,28)/b17-11+/t14-,15?,16-,20+,21+,22-/m1/s1. The maximum atomic E-state index is 12.9. The highest BCUT2D eigenvalue weighted by atomic mass is 16.5. The molecule has 0 heterocycles. The fraction of sp³-hybridized carbons (Fsp3) is 0.727. The summed E-state index contributed by atoms with van der Waals surface area (Å²) in [5.41, 5.74) is -1.81. The molecule has 3 fully saturated rings. The van der Waals surface area contributed by atoms with E-state index in [1.165, 1.54) is 13.8 Å². The number of fused-ring (bicyclic) bond motifs is 3. The van der Waals surface area contributed by atoms with Crippen LogP contribution in [0.5, 0.6) is 0 Å². The number of Topliss-reactive ketones (excluding diaryl/α,β-unsaturated/α-hetero) is 1. The summed E-state index contributed by atoms with van der Waals surface area (Å²) in [5, 5.41) is 19.7. The number of carbonyl (C=O) groups is 4. The fourth-order valence-corrected chi connectivity index (χ4v) is 6.99. The lowest BCUT2D eigenvalue weighted by molar-refractivity contribution is -0.204. The SMILES string of the molecule is CC(=O)O[C@@H]1CC[C@]2(C)C3CC(=O)/C(=C(/C)C(=O)O)[C@@]3(C)CC[C@H]2[C@@]1(C)C(=O)O. The lowest BCUT2D eigenvalue weighted by Crippen LogP contribution is -2.61. The normalized spacial score (nSPS) is 43.2. The summed E-state index contributed by atoms with van der Waals surface area (Å²) >= 11 is 0. The fourth-order valence-electron chi connectivity index (χ4n) is 6.99. The first-order chi connectivity index (χ1) is 13.3. The summed E-state index contributed by atoms with van der Waals surface area (Å²) in [7, 11) is 0. The van der Waals surface area contributed by atoms with E-state index in [9.17, 15) is 29.4 Å². The molecule has 7 heteroatoms. The van der Waals surface area contributed by atoms with Crippen LogP contribution in [0.25, 0.3) is 0 Å². The van der Waals surface area contributed by atoms with Crippen LogP contribution >= 0.6 is 0 Å². The third-order valence-electron chi connectivity index (χ3n) is 8.36. The van der Waals surface area contributed by atoms with Crippen LogP contribution in [0, 0.1) is 28.1 Å². The van der Waals surface area contributed by atoms with Gasteiger partial charge in [0.05, 0.1) is 0 Å². The van der Waals surface area contributed by atoms with Crippen LogP contribution in [0.1, 0.15) is 66.7 Å². The van der Waals surface area contributed by atoms with Gasteiger partial charge >= 0.3 is 17.9 Å². The van der Waals surface area contributed by atoms with Crippen molar-refractivity contribution in [3.05, 3.63) is 11.1 Å². The quantitative estimate of drug-likeness (QED) is 0.546. The average molecular weight is 406 g/mol. The first-order valence-electron chi connectivity index (χ1n) is 10.2. The Hall–Kier alpha value is -2.18. The van der Waals surface area contributed by atoms with E-state index >= 15 is 0 Å². The van der Waals surface area contributed by atoms with Crippen LogP contribution in [0.15, 0.2) is 11.1 Å². The molecule has 3 saturated carbocycles. The van der Waals surface area contributed by atoms with Crippen molar-refractivity contribution in [1.82, 2.24) is 0 Å². The number of carboxylic acid groups (broad SMARTS) is 2. The number of hydrogen-bond donors (Lipinski definition) is 2. The van der Waals surface area contributed by atoms with Crippen LogP contribution in [0.4, 0.5) is 0 Å². The van der Waals surface area contributed by atoms with Gasteiger partial charge in [-0.25, -0.2) is 4.79 Å². The Morgan fingerprint density at radius 3 is 2.14 bits per heavy atom. The molecule has 6 atom stereocenters. The second-order valence-corrected chi connectivity index (χ2v) is 9.72. The van der Waals surface area contributed by atoms with Gasteiger partial charge in [0.25, 0.3) is 0 Å². The van der Waals surface area contributed by atoms with Gasteiger partial charge in [0.15, 0.2) is 5.78 Å². The molecule has 3 aliphatic rings. The molecule has 0 aromatic heterocycles. The molecule has 0 bridgehead atoms. The maximum Gasteiger partial charge on any atom is 0.331 e. The van der Waals surface area contributed by atoms with E-state index in [0.29, 0.717) is 31.3 Å². The second kappa shape index (κ2) is 6.67. The molecule has 2 N–H and O–H groups in total. The number of aliphatic carboxylic acids is 2. The molecule has 7 nitrogen and oxygen atoms in total. The zero-order valence-electron chi connectivity index (χ0n) is 17.7. The Labute approximate surface area is 170 Å². The lowest BCUT2D eigenvalue weighted by atomic mass is 9.42. The van der Waals surface area contributed by atoms with Crippen LogP contribution in [-0.2, 0) is 23.9 Å². The molecule has 0 spiro atoms. The van der Waals surface area contributed by atoms with Gasteiger partial charge in [-0.15, -0.1) is 0 Å². The molecule has 3 rings (SSSR count). The van der Waals surface area contributed by atoms with Crippen molar-refractivity contribution in [1.29, 1.82) is 0 Å². The molecular weight excluding hydrogens is 376 g/mol. The Morgan fingerprint density at radius 2 is 1.62 bits per heavy atom. The summed E-state index contributed by atoms with van der Waals surface area (Å²) in [6, 6.07) is 0. The predicted octanol–water partition coefficient (Wildman–Crippen LogP) is 3.22. The average Bonchev–Trinajstić information content (AvgIpc) is 2.88. The minimum absolute atomic E-state index is 0.0941. The van der Waals surface area contributed by atoms with Gasteiger partial charge in [-0.3, -0.25) is 14.4 Å². The van der Waals surface area contributed by atoms with E-state index in [2.05, 4.69) is 0 Å². The second-order valence-electron chi connectivity index (χ2n) is 9.72. The van der Waals surface area contributed by atoms with Crippen molar-refractivity contribution in [3.8, 4) is 0 Å². The van der Waals surface area contributed by atoms with Crippen molar-refractivity contribution in [3.63, 3.8) is 0 Å². The van der Waals surface area contributed by atoms with Crippen LogP contribution < -0.4 is 0 Å². The molecule has 0 saturated heterocycles. The highest BCUT2D eigenvalue weighted by molar-refractivity contribution is 6.06. The van der Waals surface area contributed by atoms with Crippen LogP contribution in [-0.4, -0.2) is 40.0 Å². The summed E-state index contributed by atoms with van der Waals surface area (Å²) in [6.45, 7) is 8.43. The first-order valence-corrected chi connectivity index (χ1v) is 10.2. The number of allylic oxidation sites excluding steroid dienone is 1. The van der Waals surface area contributed by atoms with E-state index < -0.39 is 40.3 Å². The zero-order chi connectivity index (χ0) is 21.9. The zero-order valence-corrected chi connectivity index (χ0v) is 17.7. The first kappa shape index (κ1) is 21.5. The number of carbonyl (C=O) groups excluding carboxylic acids is 2. The Bertz CT molecular complexity index is 827. The number of ketones is 1. The maximum absolute atomic E-state index is 12.9. The summed E-state index contributed by atoms with van der Waals surface area (Å²) in [6.07, 6.45) is 1.64. The molecule has 160 valence electrons. The van der Waals surface area contributed by atoms with Crippen molar-refractivity contribution in [2.45, 2.75) is 72.8 Å². The highest BCUT2D eigenvalue weighted by Gasteiger charge is 2.68. The molecule has 1 unspecified atom stereocenters. The monoisotopic (exact) mass is 406 g/mol. The van der Waals surface area contributed by atoms with E-state index in [1.807, 2.05) is 13.8 Å². The van der Waals surface area contributed by atoms with E-state index in [1.54, 1.807) is 6.92 Å². The number of esters is 1. The molecule has 0 aromatic rings. The van der Waals surface area contributed by atoms with Crippen molar-refractivity contribution >= 4 is 23.7 Å². The van der Waals surface area contributed by atoms with Crippen molar-refractivity contribution < 1.29 is 34.1 Å². The molecule has 29 heavy (non-hydrogen) atoms. The summed E-state index contributed by atoms with van der Waals surface area (Å²) < 4.78 is 5.44. The highest BCUT2D eigenvalue weighted by Crippen LogP contribution is 2.69. The van der Waals surface area contributed by atoms with Gasteiger partial charge in [0.1, 0.15) is 11.5 Å². The molecule has 0 aromatic carbocycles. The van der Waals surface area contributed by atoms with Gasteiger partial charge in [-0.1, -0.05) is 13.8 Å². The molecular formula is C22H30O7. The number of ether oxygens (including phenoxy) is 1. The smallest absolute Gasteiger partial charge is 0.331 e. The van der Waals surface area contributed by atoms with Gasteiger partial charge in [-0.05, 0) is 56.8 Å². The molecule has 0 aliphatic heterocycles. The van der Waals surface area contributed by atoms with Crippen LogP contribution in [0.3, 0.4) is 0 Å². The van der Waals surface area contributed by atoms with Gasteiger partial charge in [0.2, 0.25) is 0 Å². The number of rotatable bonds is 3. The van der Waals surface area contributed by atoms with Crippen molar-refractivity contribution in [2.24, 2.45) is 28.1 Å². The lowest BCUT2D eigenvalue weighted by Gasteiger charge is -2.61. The molecule has 3 aliphatic carbocycles. The Morgan fingerprint density at radius 1 is 1.00 bits per heavy atom. The van der Waals surface area contributed by atoms with E-state index in [-0.39, 0.29) is 29.6 Å². The van der Waals surface area contributed by atoms with Gasteiger partial charge < -0.3 is 14.9 Å². The number of carboxylic acids is 2. The Balaban J connectivity index is 2.10. The molecule has 0 amide bonds. The Kier molecular flexibility index (Phi) is 4.95. The summed E-state index contributed by atoms with van der Waals surface area (Å²) in [4.78, 5) is 48.5.